The number of hydrogen-bond donors (Lipinski definition) is 1. The monoisotopic (exact) mass is 187 g/mol. The summed E-state index contributed by atoms with van der Waals surface area (Å²) in [6.07, 6.45) is 1.05. The average Bonchev–Trinajstić information content (AvgIpc) is 2.52. The number of ether oxygens (including phenoxy) is 1. The molecule has 13 heavy (non-hydrogen) atoms. The maximum atomic E-state index is 10.7. The number of likely N-dealkylation sites (tertiary alicyclic amines) is 1. The zero-order valence-electron chi connectivity index (χ0n) is 8.19. The first-order valence-electron chi connectivity index (χ1n) is 4.61. The second-order valence-corrected chi connectivity index (χ2v) is 3.62. The Bertz CT molecular complexity index is 184. The van der Waals surface area contributed by atoms with Crippen molar-refractivity contribution >= 4 is 5.97 Å². The second-order valence-electron chi connectivity index (χ2n) is 3.62. The Morgan fingerprint density at radius 3 is 3.00 bits per heavy atom. The summed E-state index contributed by atoms with van der Waals surface area (Å²) in [4.78, 5) is 12.7. The fraction of sp³-hybridized carbons (Fsp3) is 0.889. The Labute approximate surface area is 78.5 Å². The minimum Gasteiger partial charge on any atom is -0.480 e. The van der Waals surface area contributed by atoms with Gasteiger partial charge in [-0.3, -0.25) is 9.69 Å². The van der Waals surface area contributed by atoms with E-state index in [2.05, 4.69) is 0 Å². The lowest BCUT2D eigenvalue weighted by Crippen LogP contribution is -2.37. The Balaban J connectivity index is 2.36. The summed E-state index contributed by atoms with van der Waals surface area (Å²) in [5, 5.41) is 8.79. The van der Waals surface area contributed by atoms with E-state index in [1.165, 1.54) is 0 Å². The Kier molecular flexibility index (Phi) is 3.69. The van der Waals surface area contributed by atoms with Crippen LogP contribution in [0.15, 0.2) is 0 Å². The van der Waals surface area contributed by atoms with E-state index in [9.17, 15) is 4.79 Å². The van der Waals surface area contributed by atoms with Gasteiger partial charge in [-0.1, -0.05) is 0 Å². The van der Waals surface area contributed by atoms with E-state index in [0.717, 1.165) is 26.1 Å². The van der Waals surface area contributed by atoms with E-state index in [4.69, 9.17) is 9.84 Å². The van der Waals surface area contributed by atoms with Crippen LogP contribution in [0, 0.1) is 5.92 Å². The highest BCUT2D eigenvalue weighted by molar-refractivity contribution is 5.72. The Hall–Kier alpha value is -0.610. The van der Waals surface area contributed by atoms with Gasteiger partial charge in [-0.15, -0.1) is 0 Å². The van der Waals surface area contributed by atoms with E-state index in [1.807, 2.05) is 4.90 Å². The molecule has 4 heteroatoms. The fourth-order valence-corrected chi connectivity index (χ4v) is 1.74. The van der Waals surface area contributed by atoms with Crippen LogP contribution in [0.1, 0.15) is 13.3 Å². The van der Waals surface area contributed by atoms with Crippen LogP contribution in [-0.4, -0.2) is 48.8 Å². The van der Waals surface area contributed by atoms with Gasteiger partial charge in [0.25, 0.3) is 0 Å². The average molecular weight is 187 g/mol. The number of carbonyl (C=O) groups is 1. The smallest absolute Gasteiger partial charge is 0.320 e. The first-order valence-corrected chi connectivity index (χ1v) is 4.61. The molecule has 2 atom stereocenters. The molecule has 1 aliphatic heterocycles. The minimum atomic E-state index is -0.738. The molecule has 0 aromatic heterocycles. The molecule has 0 bridgehead atoms. The molecule has 0 radical (unpaired) electrons. The van der Waals surface area contributed by atoms with Crippen molar-refractivity contribution in [3.8, 4) is 0 Å². The molecular formula is C9H17NO3. The molecule has 4 nitrogen and oxygen atoms in total. The predicted octanol–water partition coefficient (Wildman–Crippen LogP) is 0.428. The van der Waals surface area contributed by atoms with Crippen LogP contribution in [0.3, 0.4) is 0 Å². The highest BCUT2D eigenvalue weighted by atomic mass is 16.5. The fourth-order valence-electron chi connectivity index (χ4n) is 1.74. The van der Waals surface area contributed by atoms with Crippen molar-refractivity contribution in [2.45, 2.75) is 19.4 Å². The van der Waals surface area contributed by atoms with Crippen LogP contribution in [0.25, 0.3) is 0 Å². The van der Waals surface area contributed by atoms with E-state index in [0.29, 0.717) is 5.92 Å². The Morgan fingerprint density at radius 1 is 1.77 bits per heavy atom. The summed E-state index contributed by atoms with van der Waals surface area (Å²) in [5.74, 6) is -0.232. The third-order valence-corrected chi connectivity index (χ3v) is 2.62. The van der Waals surface area contributed by atoms with Gasteiger partial charge < -0.3 is 9.84 Å². The van der Waals surface area contributed by atoms with Crippen LogP contribution >= 0.6 is 0 Å². The second kappa shape index (κ2) is 4.58. The van der Waals surface area contributed by atoms with Crippen molar-refractivity contribution in [1.82, 2.24) is 4.90 Å². The molecule has 1 fully saturated rings. The summed E-state index contributed by atoms with van der Waals surface area (Å²) in [6, 6.07) is -0.359. The van der Waals surface area contributed by atoms with Crippen molar-refractivity contribution in [2.75, 3.05) is 26.8 Å². The summed E-state index contributed by atoms with van der Waals surface area (Å²) in [5.41, 5.74) is 0. The first-order chi connectivity index (χ1) is 6.15. The maximum Gasteiger partial charge on any atom is 0.320 e. The molecule has 1 heterocycles. The van der Waals surface area contributed by atoms with Gasteiger partial charge in [0.05, 0.1) is 6.61 Å². The molecule has 1 rings (SSSR count). The van der Waals surface area contributed by atoms with Crippen molar-refractivity contribution in [3.05, 3.63) is 0 Å². The van der Waals surface area contributed by atoms with Crippen LogP contribution in [-0.2, 0) is 9.53 Å². The third-order valence-electron chi connectivity index (χ3n) is 2.62. The molecule has 1 N–H and O–H groups in total. The number of nitrogens with zero attached hydrogens (tertiary/aromatic N) is 1. The van der Waals surface area contributed by atoms with Gasteiger partial charge in [-0.2, -0.15) is 0 Å². The van der Waals surface area contributed by atoms with Gasteiger partial charge >= 0.3 is 5.97 Å². The SMILES string of the molecule is COCC1CCN(C(C)C(=O)O)C1. The van der Waals surface area contributed by atoms with E-state index in [1.54, 1.807) is 14.0 Å². The van der Waals surface area contributed by atoms with Gasteiger partial charge in [0.1, 0.15) is 6.04 Å². The molecule has 0 spiro atoms. The van der Waals surface area contributed by atoms with E-state index >= 15 is 0 Å². The Morgan fingerprint density at radius 2 is 2.46 bits per heavy atom. The highest BCUT2D eigenvalue weighted by Crippen LogP contribution is 2.18. The van der Waals surface area contributed by atoms with Crippen molar-refractivity contribution in [3.63, 3.8) is 0 Å². The highest BCUT2D eigenvalue weighted by Gasteiger charge is 2.28. The number of hydrogen-bond acceptors (Lipinski definition) is 3. The third kappa shape index (κ3) is 2.67. The summed E-state index contributed by atoms with van der Waals surface area (Å²) >= 11 is 0. The number of carboxylic acid groups (broad SMARTS) is 1. The predicted molar refractivity (Wildman–Crippen MR) is 48.7 cm³/mol. The molecule has 0 amide bonds. The quantitative estimate of drug-likeness (QED) is 0.693. The van der Waals surface area contributed by atoms with Crippen LogP contribution < -0.4 is 0 Å². The van der Waals surface area contributed by atoms with Gasteiger partial charge in [-0.05, 0) is 25.8 Å². The molecule has 0 saturated carbocycles. The lowest BCUT2D eigenvalue weighted by molar-refractivity contribution is -0.142. The molecule has 2 unspecified atom stereocenters. The summed E-state index contributed by atoms with van der Waals surface area (Å²) in [6.45, 7) is 4.20. The van der Waals surface area contributed by atoms with Crippen molar-refractivity contribution in [2.24, 2.45) is 5.92 Å². The van der Waals surface area contributed by atoms with Crippen molar-refractivity contribution < 1.29 is 14.6 Å². The molecule has 76 valence electrons. The van der Waals surface area contributed by atoms with Gasteiger partial charge in [0.15, 0.2) is 0 Å². The number of aliphatic carboxylic acids is 1. The molecule has 1 aliphatic rings. The normalized spacial score (nSPS) is 26.2. The zero-order valence-corrected chi connectivity index (χ0v) is 8.19. The maximum absolute atomic E-state index is 10.7. The summed E-state index contributed by atoms with van der Waals surface area (Å²) < 4.78 is 5.04. The summed E-state index contributed by atoms with van der Waals surface area (Å²) in [7, 11) is 1.68. The molecular weight excluding hydrogens is 170 g/mol. The van der Waals surface area contributed by atoms with Crippen LogP contribution in [0.2, 0.25) is 0 Å². The lowest BCUT2D eigenvalue weighted by atomic mass is 10.1. The molecule has 0 aliphatic carbocycles. The first kappa shape index (κ1) is 10.5. The zero-order chi connectivity index (χ0) is 9.84. The lowest BCUT2D eigenvalue weighted by Gasteiger charge is -2.20. The largest absolute Gasteiger partial charge is 0.480 e. The number of methoxy groups -OCH3 is 1. The molecule has 1 saturated heterocycles. The number of carboxylic acids is 1. The van der Waals surface area contributed by atoms with Gasteiger partial charge in [0, 0.05) is 13.7 Å². The molecule has 0 aromatic carbocycles. The number of rotatable bonds is 4. The molecule has 0 aromatic rings. The minimum absolute atomic E-state index is 0.359. The van der Waals surface area contributed by atoms with Crippen LogP contribution in [0.4, 0.5) is 0 Å². The standard InChI is InChI=1S/C9H17NO3/c1-7(9(11)12)10-4-3-8(5-10)6-13-2/h7-8H,3-6H2,1-2H3,(H,11,12). The van der Waals surface area contributed by atoms with E-state index < -0.39 is 5.97 Å². The van der Waals surface area contributed by atoms with Gasteiger partial charge in [0.2, 0.25) is 0 Å². The van der Waals surface area contributed by atoms with Crippen LogP contribution in [0.5, 0.6) is 0 Å². The topological polar surface area (TPSA) is 49.8 Å². The van der Waals surface area contributed by atoms with E-state index in [-0.39, 0.29) is 6.04 Å². The van der Waals surface area contributed by atoms with Crippen molar-refractivity contribution in [1.29, 1.82) is 0 Å². The van der Waals surface area contributed by atoms with Gasteiger partial charge in [-0.25, -0.2) is 0 Å².